The van der Waals surface area contributed by atoms with Gasteiger partial charge in [-0.2, -0.15) is 0 Å². The van der Waals surface area contributed by atoms with E-state index in [1.807, 2.05) is 26.0 Å². The normalized spacial score (nSPS) is 15.5. The average Bonchev–Trinajstić information content (AvgIpc) is 3.09. The molecule has 1 aliphatic carbocycles. The van der Waals surface area contributed by atoms with Crippen molar-refractivity contribution in [2.45, 2.75) is 51.0 Å². The lowest BCUT2D eigenvalue weighted by atomic mass is 9.79. The number of hydrogen-bond donors (Lipinski definition) is 2. The molecule has 1 fully saturated rings. The summed E-state index contributed by atoms with van der Waals surface area (Å²) in [7, 11) is 0. The Morgan fingerprint density at radius 3 is 2.31 bits per heavy atom. The summed E-state index contributed by atoms with van der Waals surface area (Å²) >= 11 is 5.94. The van der Waals surface area contributed by atoms with Crippen LogP contribution in [-0.4, -0.2) is 37.0 Å². The Hall–Kier alpha value is -2.08. The number of ether oxygens (including phenoxy) is 1. The van der Waals surface area contributed by atoms with Gasteiger partial charge in [0.15, 0.2) is 6.61 Å². The minimum absolute atomic E-state index is 0.00108. The number of esters is 1. The number of benzene rings is 1. The van der Waals surface area contributed by atoms with E-state index in [1.165, 1.54) is 0 Å². The van der Waals surface area contributed by atoms with Gasteiger partial charge in [0.1, 0.15) is 0 Å². The SMILES string of the molecule is CC(C)NC(=O)CNC(=O)COC(=O)C1(c2ccc(Cl)cc2)CCCC1. The number of amides is 2. The maximum Gasteiger partial charge on any atom is 0.317 e. The number of carbonyl (C=O) groups excluding carboxylic acids is 3. The average molecular weight is 381 g/mol. The molecule has 1 aliphatic rings. The first-order valence-corrected chi connectivity index (χ1v) is 9.20. The monoisotopic (exact) mass is 380 g/mol. The van der Waals surface area contributed by atoms with Crippen LogP contribution >= 0.6 is 11.6 Å². The standard InChI is InChI=1S/C19H25ClN2O4/c1-13(2)22-16(23)11-21-17(24)12-26-18(25)19(9-3-4-10-19)14-5-7-15(20)8-6-14/h5-8,13H,3-4,9-12H2,1-2H3,(H,21,24)(H,22,23). The molecule has 0 atom stereocenters. The molecule has 0 spiro atoms. The predicted octanol–water partition coefficient (Wildman–Crippen LogP) is 2.34. The Morgan fingerprint density at radius 2 is 1.73 bits per heavy atom. The Bertz CT molecular complexity index is 652. The molecule has 0 heterocycles. The lowest BCUT2D eigenvalue weighted by Crippen LogP contribution is -2.42. The summed E-state index contributed by atoms with van der Waals surface area (Å²) < 4.78 is 5.27. The zero-order valence-electron chi connectivity index (χ0n) is 15.1. The molecule has 7 heteroatoms. The third kappa shape index (κ3) is 5.21. The zero-order valence-corrected chi connectivity index (χ0v) is 15.9. The van der Waals surface area contributed by atoms with Gasteiger partial charge in [0.2, 0.25) is 5.91 Å². The topological polar surface area (TPSA) is 84.5 Å². The molecular weight excluding hydrogens is 356 g/mol. The first-order valence-electron chi connectivity index (χ1n) is 8.83. The smallest absolute Gasteiger partial charge is 0.317 e. The van der Waals surface area contributed by atoms with Crippen LogP contribution in [0.4, 0.5) is 0 Å². The van der Waals surface area contributed by atoms with Crippen LogP contribution in [0.3, 0.4) is 0 Å². The highest BCUT2D eigenvalue weighted by Crippen LogP contribution is 2.42. The van der Waals surface area contributed by atoms with Crippen molar-refractivity contribution in [2.75, 3.05) is 13.2 Å². The van der Waals surface area contributed by atoms with Crippen molar-refractivity contribution in [1.29, 1.82) is 0 Å². The highest BCUT2D eigenvalue weighted by atomic mass is 35.5. The van der Waals surface area contributed by atoms with Gasteiger partial charge in [-0.3, -0.25) is 14.4 Å². The van der Waals surface area contributed by atoms with Crippen LogP contribution in [0.15, 0.2) is 24.3 Å². The molecule has 1 aromatic rings. The molecule has 0 radical (unpaired) electrons. The predicted molar refractivity (Wildman–Crippen MR) is 98.8 cm³/mol. The number of carbonyl (C=O) groups is 3. The van der Waals surface area contributed by atoms with Gasteiger partial charge in [-0.05, 0) is 44.4 Å². The van der Waals surface area contributed by atoms with Gasteiger partial charge in [0.05, 0.1) is 12.0 Å². The van der Waals surface area contributed by atoms with E-state index in [2.05, 4.69) is 10.6 Å². The van der Waals surface area contributed by atoms with E-state index in [4.69, 9.17) is 16.3 Å². The molecule has 1 saturated carbocycles. The summed E-state index contributed by atoms with van der Waals surface area (Å²) in [6, 6.07) is 7.18. The molecular formula is C19H25ClN2O4. The van der Waals surface area contributed by atoms with E-state index in [9.17, 15) is 14.4 Å². The second-order valence-electron chi connectivity index (χ2n) is 6.87. The first kappa shape index (κ1) is 20.2. The van der Waals surface area contributed by atoms with Crippen LogP contribution in [-0.2, 0) is 24.5 Å². The Kier molecular flexibility index (Phi) is 7.03. The van der Waals surface area contributed by atoms with Gasteiger partial charge in [0.25, 0.3) is 5.91 Å². The molecule has 0 unspecified atom stereocenters. The Morgan fingerprint density at radius 1 is 1.12 bits per heavy atom. The van der Waals surface area contributed by atoms with E-state index in [1.54, 1.807) is 12.1 Å². The Labute approximate surface area is 158 Å². The highest BCUT2D eigenvalue weighted by molar-refractivity contribution is 6.30. The molecule has 1 aromatic carbocycles. The summed E-state index contributed by atoms with van der Waals surface area (Å²) in [5, 5.41) is 5.72. The van der Waals surface area contributed by atoms with E-state index in [-0.39, 0.29) is 18.5 Å². The molecule has 2 rings (SSSR count). The maximum atomic E-state index is 12.7. The summed E-state index contributed by atoms with van der Waals surface area (Å²) in [6.45, 7) is 3.12. The van der Waals surface area contributed by atoms with E-state index < -0.39 is 23.9 Å². The number of hydrogen-bond acceptors (Lipinski definition) is 4. The quantitative estimate of drug-likeness (QED) is 0.711. The summed E-state index contributed by atoms with van der Waals surface area (Å²) in [5.74, 6) is -1.19. The zero-order chi connectivity index (χ0) is 19.2. The van der Waals surface area contributed by atoms with Gasteiger partial charge >= 0.3 is 5.97 Å². The Balaban J connectivity index is 1.91. The first-order chi connectivity index (χ1) is 12.3. The molecule has 0 saturated heterocycles. The lowest BCUT2D eigenvalue weighted by molar-refractivity contribution is -0.154. The van der Waals surface area contributed by atoms with E-state index in [0.717, 1.165) is 18.4 Å². The molecule has 6 nitrogen and oxygen atoms in total. The fourth-order valence-electron chi connectivity index (χ4n) is 3.23. The minimum Gasteiger partial charge on any atom is -0.455 e. The van der Waals surface area contributed by atoms with Crippen molar-refractivity contribution in [3.63, 3.8) is 0 Å². The van der Waals surface area contributed by atoms with Crippen molar-refractivity contribution in [3.8, 4) is 0 Å². The fraction of sp³-hybridized carbons (Fsp3) is 0.526. The van der Waals surface area contributed by atoms with Crippen LogP contribution in [0, 0.1) is 0 Å². The van der Waals surface area contributed by atoms with E-state index in [0.29, 0.717) is 17.9 Å². The van der Waals surface area contributed by atoms with Gasteiger partial charge < -0.3 is 15.4 Å². The second kappa shape index (κ2) is 9.03. The lowest BCUT2D eigenvalue weighted by Gasteiger charge is -2.27. The van der Waals surface area contributed by atoms with Crippen molar-refractivity contribution in [2.24, 2.45) is 0 Å². The van der Waals surface area contributed by atoms with Crippen molar-refractivity contribution in [1.82, 2.24) is 10.6 Å². The highest BCUT2D eigenvalue weighted by Gasteiger charge is 2.44. The van der Waals surface area contributed by atoms with Gasteiger partial charge in [-0.1, -0.05) is 36.6 Å². The van der Waals surface area contributed by atoms with Crippen LogP contribution in [0.1, 0.15) is 45.1 Å². The molecule has 0 aliphatic heterocycles. The van der Waals surface area contributed by atoms with Crippen LogP contribution < -0.4 is 10.6 Å². The van der Waals surface area contributed by atoms with Crippen molar-refractivity contribution in [3.05, 3.63) is 34.9 Å². The molecule has 2 amide bonds. The molecule has 26 heavy (non-hydrogen) atoms. The summed E-state index contributed by atoms with van der Waals surface area (Å²) in [6.07, 6.45) is 3.23. The van der Waals surface area contributed by atoms with Crippen LogP contribution in [0.5, 0.6) is 0 Å². The number of nitrogens with one attached hydrogen (secondary N) is 2. The molecule has 0 bridgehead atoms. The van der Waals surface area contributed by atoms with Gasteiger partial charge in [-0.15, -0.1) is 0 Å². The molecule has 2 N–H and O–H groups in total. The van der Waals surface area contributed by atoms with Crippen molar-refractivity contribution >= 4 is 29.4 Å². The number of rotatable bonds is 7. The van der Waals surface area contributed by atoms with Gasteiger partial charge in [0, 0.05) is 11.1 Å². The maximum absolute atomic E-state index is 12.7. The number of halogens is 1. The second-order valence-corrected chi connectivity index (χ2v) is 7.31. The van der Waals surface area contributed by atoms with Gasteiger partial charge in [-0.25, -0.2) is 0 Å². The fourth-order valence-corrected chi connectivity index (χ4v) is 3.36. The van der Waals surface area contributed by atoms with E-state index >= 15 is 0 Å². The summed E-state index contributed by atoms with van der Waals surface area (Å²) in [5.41, 5.74) is 0.140. The summed E-state index contributed by atoms with van der Waals surface area (Å²) in [4.78, 5) is 36.1. The van der Waals surface area contributed by atoms with Crippen LogP contribution in [0.2, 0.25) is 5.02 Å². The van der Waals surface area contributed by atoms with Crippen molar-refractivity contribution < 1.29 is 19.1 Å². The largest absolute Gasteiger partial charge is 0.455 e. The third-order valence-electron chi connectivity index (χ3n) is 4.47. The molecule has 0 aromatic heterocycles. The third-order valence-corrected chi connectivity index (χ3v) is 4.73. The van der Waals surface area contributed by atoms with Crippen LogP contribution in [0.25, 0.3) is 0 Å². The minimum atomic E-state index is -0.722. The molecule has 142 valence electrons.